The van der Waals surface area contributed by atoms with E-state index in [1.165, 1.54) is 45.4 Å². The maximum atomic E-state index is 3.33. The van der Waals surface area contributed by atoms with Crippen LogP contribution in [0, 0.1) is 17.8 Å². The van der Waals surface area contributed by atoms with Gasteiger partial charge >= 0.3 is 0 Å². The molecule has 0 amide bonds. The van der Waals surface area contributed by atoms with Crippen LogP contribution in [0.25, 0.3) is 0 Å². The maximum absolute atomic E-state index is 3.33. The van der Waals surface area contributed by atoms with E-state index in [-0.39, 0.29) is 0 Å². The summed E-state index contributed by atoms with van der Waals surface area (Å²) in [4.78, 5) is 5.03. The molecule has 1 fully saturated rings. The minimum absolute atomic E-state index is 0.760. The molecule has 0 bridgehead atoms. The molecule has 0 spiro atoms. The first-order chi connectivity index (χ1) is 9.02. The van der Waals surface area contributed by atoms with E-state index in [1.807, 2.05) is 0 Å². The fourth-order valence-electron chi connectivity index (χ4n) is 3.18. The van der Waals surface area contributed by atoms with Gasteiger partial charge in [-0.15, -0.1) is 0 Å². The summed E-state index contributed by atoms with van der Waals surface area (Å²) in [5.41, 5.74) is 0. The molecule has 114 valence electrons. The number of likely N-dealkylation sites (tertiary alicyclic amines) is 1. The highest BCUT2D eigenvalue weighted by Crippen LogP contribution is 2.19. The highest BCUT2D eigenvalue weighted by Gasteiger charge is 2.19. The van der Waals surface area contributed by atoms with Crippen LogP contribution in [0.5, 0.6) is 0 Å². The first-order valence-corrected chi connectivity index (χ1v) is 8.04. The Kier molecular flexibility index (Phi) is 7.96. The van der Waals surface area contributed by atoms with Crippen molar-refractivity contribution < 1.29 is 0 Å². The molecular formula is C16H35N3. The largest absolute Gasteiger partial charge is 0.319 e. The van der Waals surface area contributed by atoms with Crippen molar-refractivity contribution in [1.29, 1.82) is 0 Å². The summed E-state index contributed by atoms with van der Waals surface area (Å²) in [5.74, 6) is 2.45. The number of rotatable bonds is 8. The lowest BCUT2D eigenvalue weighted by Gasteiger charge is -2.32. The van der Waals surface area contributed by atoms with E-state index in [0.29, 0.717) is 0 Å². The lowest BCUT2D eigenvalue weighted by atomic mass is 9.93. The molecule has 1 N–H and O–H groups in total. The Morgan fingerprint density at radius 1 is 1.37 bits per heavy atom. The van der Waals surface area contributed by atoms with Crippen molar-refractivity contribution in [3.63, 3.8) is 0 Å². The fraction of sp³-hybridized carbons (Fsp3) is 1.00. The van der Waals surface area contributed by atoms with Gasteiger partial charge in [-0.3, -0.25) is 0 Å². The molecule has 1 saturated heterocycles. The Hall–Kier alpha value is -0.120. The van der Waals surface area contributed by atoms with Crippen molar-refractivity contribution in [2.45, 2.75) is 33.1 Å². The molecule has 1 heterocycles. The zero-order chi connectivity index (χ0) is 14.3. The number of nitrogens with one attached hydrogen (secondary N) is 1. The molecule has 1 rings (SSSR count). The Bertz CT molecular complexity index is 230. The second-order valence-corrected chi connectivity index (χ2v) is 6.88. The lowest BCUT2D eigenvalue weighted by Crippen LogP contribution is -2.37. The predicted octanol–water partition coefficient (Wildman–Crippen LogP) is 2.14. The van der Waals surface area contributed by atoms with Gasteiger partial charge in [0.05, 0.1) is 0 Å². The number of hydrogen-bond acceptors (Lipinski definition) is 3. The molecule has 19 heavy (non-hydrogen) atoms. The number of piperidine rings is 1. The SMILES string of the molecule is CNCC(CN(C)CCC1CCCN(C)C1)C(C)C. The lowest BCUT2D eigenvalue weighted by molar-refractivity contribution is 0.173. The number of nitrogens with zero attached hydrogens (tertiary/aromatic N) is 2. The maximum Gasteiger partial charge on any atom is 0.00212 e. The highest BCUT2D eigenvalue weighted by molar-refractivity contribution is 4.73. The average Bonchev–Trinajstić information content (AvgIpc) is 2.36. The molecule has 0 aromatic heterocycles. The van der Waals surface area contributed by atoms with E-state index in [4.69, 9.17) is 0 Å². The van der Waals surface area contributed by atoms with Gasteiger partial charge in [-0.25, -0.2) is 0 Å². The fourth-order valence-corrected chi connectivity index (χ4v) is 3.18. The van der Waals surface area contributed by atoms with Crippen LogP contribution in [0.3, 0.4) is 0 Å². The van der Waals surface area contributed by atoms with Gasteiger partial charge in [0.1, 0.15) is 0 Å². The van der Waals surface area contributed by atoms with Gasteiger partial charge in [0.15, 0.2) is 0 Å². The zero-order valence-electron chi connectivity index (χ0n) is 13.8. The topological polar surface area (TPSA) is 18.5 Å². The second kappa shape index (κ2) is 8.93. The van der Waals surface area contributed by atoms with Crippen molar-refractivity contribution in [2.24, 2.45) is 17.8 Å². The summed E-state index contributed by atoms with van der Waals surface area (Å²) in [5, 5.41) is 3.33. The third-order valence-electron chi connectivity index (χ3n) is 4.60. The monoisotopic (exact) mass is 269 g/mol. The van der Waals surface area contributed by atoms with Crippen LogP contribution in [-0.4, -0.2) is 63.7 Å². The zero-order valence-corrected chi connectivity index (χ0v) is 13.8. The average molecular weight is 269 g/mol. The van der Waals surface area contributed by atoms with Gasteiger partial charge < -0.3 is 15.1 Å². The van der Waals surface area contributed by atoms with Crippen LogP contribution in [0.1, 0.15) is 33.1 Å². The van der Waals surface area contributed by atoms with Crippen LogP contribution >= 0.6 is 0 Å². The molecule has 0 radical (unpaired) electrons. The summed E-state index contributed by atoms with van der Waals surface area (Å²) in [6.07, 6.45) is 4.19. The van der Waals surface area contributed by atoms with Crippen molar-refractivity contribution in [3.8, 4) is 0 Å². The Labute approximate surface area is 120 Å². The minimum Gasteiger partial charge on any atom is -0.319 e. The Morgan fingerprint density at radius 2 is 2.11 bits per heavy atom. The molecule has 0 aromatic carbocycles. The summed E-state index contributed by atoms with van der Waals surface area (Å²) in [7, 11) is 6.61. The minimum atomic E-state index is 0.760. The van der Waals surface area contributed by atoms with Crippen LogP contribution in [0.4, 0.5) is 0 Å². The quantitative estimate of drug-likeness (QED) is 0.728. The first kappa shape index (κ1) is 16.9. The van der Waals surface area contributed by atoms with E-state index >= 15 is 0 Å². The van der Waals surface area contributed by atoms with E-state index in [0.717, 1.165) is 24.3 Å². The number of hydrogen-bond donors (Lipinski definition) is 1. The summed E-state index contributed by atoms with van der Waals surface area (Å²) in [6, 6.07) is 0. The molecule has 0 aromatic rings. The molecule has 2 unspecified atom stereocenters. The van der Waals surface area contributed by atoms with Crippen molar-refractivity contribution in [3.05, 3.63) is 0 Å². The predicted molar refractivity (Wildman–Crippen MR) is 84.6 cm³/mol. The summed E-state index contributed by atoms with van der Waals surface area (Å²) in [6.45, 7) is 10.9. The van der Waals surface area contributed by atoms with Crippen LogP contribution in [-0.2, 0) is 0 Å². The third kappa shape index (κ3) is 6.73. The molecule has 3 nitrogen and oxygen atoms in total. The van der Waals surface area contributed by atoms with Crippen molar-refractivity contribution in [1.82, 2.24) is 15.1 Å². The Morgan fingerprint density at radius 3 is 2.68 bits per heavy atom. The van der Waals surface area contributed by atoms with Gasteiger partial charge in [-0.05, 0) is 77.8 Å². The van der Waals surface area contributed by atoms with E-state index in [9.17, 15) is 0 Å². The highest BCUT2D eigenvalue weighted by atomic mass is 15.1. The normalized spacial score (nSPS) is 23.2. The van der Waals surface area contributed by atoms with Gasteiger partial charge in [-0.2, -0.15) is 0 Å². The smallest absolute Gasteiger partial charge is 0.00212 e. The van der Waals surface area contributed by atoms with Crippen LogP contribution in [0.2, 0.25) is 0 Å². The third-order valence-corrected chi connectivity index (χ3v) is 4.60. The summed E-state index contributed by atoms with van der Waals surface area (Å²) >= 11 is 0. The molecule has 0 aliphatic carbocycles. The van der Waals surface area contributed by atoms with Gasteiger partial charge in [0.2, 0.25) is 0 Å². The van der Waals surface area contributed by atoms with E-state index in [2.05, 4.69) is 50.1 Å². The van der Waals surface area contributed by atoms with Crippen molar-refractivity contribution >= 4 is 0 Å². The Balaban J connectivity index is 2.24. The van der Waals surface area contributed by atoms with Crippen LogP contribution < -0.4 is 5.32 Å². The second-order valence-electron chi connectivity index (χ2n) is 6.88. The molecule has 1 aliphatic rings. The molecule has 3 heteroatoms. The van der Waals surface area contributed by atoms with Gasteiger partial charge in [0, 0.05) is 13.1 Å². The first-order valence-electron chi connectivity index (χ1n) is 8.04. The van der Waals surface area contributed by atoms with E-state index in [1.54, 1.807) is 0 Å². The molecular weight excluding hydrogens is 234 g/mol. The summed E-state index contributed by atoms with van der Waals surface area (Å²) < 4.78 is 0. The molecule has 2 atom stereocenters. The van der Waals surface area contributed by atoms with E-state index < -0.39 is 0 Å². The van der Waals surface area contributed by atoms with Crippen molar-refractivity contribution in [2.75, 3.05) is 53.9 Å². The van der Waals surface area contributed by atoms with Gasteiger partial charge in [-0.1, -0.05) is 13.8 Å². The molecule has 0 saturated carbocycles. The van der Waals surface area contributed by atoms with Crippen LogP contribution in [0.15, 0.2) is 0 Å². The molecule has 1 aliphatic heterocycles. The van der Waals surface area contributed by atoms with Gasteiger partial charge in [0.25, 0.3) is 0 Å². The standard InChI is InChI=1S/C16H35N3/c1-14(2)16(11-17-3)13-19(5)10-8-15-7-6-9-18(4)12-15/h14-17H,6-13H2,1-5H3.